The van der Waals surface area contributed by atoms with Crippen LogP contribution >= 0.6 is 0 Å². The topological polar surface area (TPSA) is 75.6 Å². The summed E-state index contributed by atoms with van der Waals surface area (Å²) in [5.41, 5.74) is 5.53. The van der Waals surface area contributed by atoms with Gasteiger partial charge >= 0.3 is 5.97 Å². The first kappa shape index (κ1) is 25.2. The van der Waals surface area contributed by atoms with Gasteiger partial charge < -0.3 is 15.2 Å². The first-order valence-electron chi connectivity index (χ1n) is 13.8. The number of methoxy groups -OCH3 is 1. The van der Waals surface area contributed by atoms with Crippen LogP contribution in [0.25, 0.3) is 21.9 Å². The molecular weight excluding hydrogens is 486 g/mol. The number of amides is 1. The molecular formula is C34H33NO4. The number of fused-ring (bicyclic) bond motifs is 3. The summed E-state index contributed by atoms with van der Waals surface area (Å²) >= 11 is 0. The Morgan fingerprint density at radius 1 is 0.872 bits per heavy atom. The second kappa shape index (κ2) is 10.2. The van der Waals surface area contributed by atoms with E-state index in [2.05, 4.69) is 72.0 Å². The highest BCUT2D eigenvalue weighted by Gasteiger charge is 2.52. The van der Waals surface area contributed by atoms with Crippen molar-refractivity contribution in [1.29, 1.82) is 0 Å². The number of carboxylic acid groups (broad SMARTS) is 1. The van der Waals surface area contributed by atoms with Crippen LogP contribution in [-0.4, -0.2) is 30.6 Å². The summed E-state index contributed by atoms with van der Waals surface area (Å²) in [7, 11) is 1.69. The van der Waals surface area contributed by atoms with E-state index < -0.39 is 5.97 Å². The molecule has 6 rings (SSSR count). The molecule has 5 nitrogen and oxygen atoms in total. The van der Waals surface area contributed by atoms with Crippen molar-refractivity contribution >= 4 is 22.6 Å². The van der Waals surface area contributed by atoms with Crippen LogP contribution in [0.15, 0.2) is 84.9 Å². The van der Waals surface area contributed by atoms with Crippen LogP contribution in [0.5, 0.6) is 5.75 Å². The van der Waals surface area contributed by atoms with Crippen molar-refractivity contribution in [1.82, 2.24) is 5.32 Å². The maximum atomic E-state index is 12.5. The molecule has 0 spiro atoms. The largest absolute Gasteiger partial charge is 0.497 e. The van der Waals surface area contributed by atoms with Crippen molar-refractivity contribution in [2.75, 3.05) is 13.7 Å². The fraction of sp³-hybridized carbons (Fsp3) is 0.294. The standard InChI is InChI=1S/C34H33NO4/c1-39-31-15-9-26-19-25(3-4-27(26)20-31)23-5-11-28(12-6-23)34(21-22-2-10-30(34)18-22)29-13-7-24(8-14-29)33(38)35-17-16-32(36)37/h3-9,11-15,19-20,22,30H,2,10,16-18,21H2,1H3,(H,35,38)(H,36,37). The van der Waals surface area contributed by atoms with E-state index in [9.17, 15) is 9.59 Å². The molecule has 0 aliphatic heterocycles. The number of benzene rings is 4. The molecule has 4 aromatic carbocycles. The molecule has 2 aliphatic carbocycles. The predicted octanol–water partition coefficient (Wildman–Crippen LogP) is 6.83. The molecule has 0 saturated heterocycles. The molecule has 39 heavy (non-hydrogen) atoms. The molecule has 1 amide bonds. The Kier molecular flexibility index (Phi) is 6.59. The second-order valence-corrected chi connectivity index (χ2v) is 11.0. The molecule has 2 fully saturated rings. The average Bonchev–Trinajstić information content (AvgIpc) is 3.59. The van der Waals surface area contributed by atoms with Crippen molar-refractivity contribution in [3.63, 3.8) is 0 Å². The van der Waals surface area contributed by atoms with E-state index in [-0.39, 0.29) is 24.3 Å². The van der Waals surface area contributed by atoms with E-state index in [4.69, 9.17) is 9.84 Å². The molecule has 2 saturated carbocycles. The fourth-order valence-electron chi connectivity index (χ4n) is 7.00. The molecule has 2 bridgehead atoms. The van der Waals surface area contributed by atoms with Gasteiger partial charge in [0, 0.05) is 17.5 Å². The number of carbonyl (C=O) groups is 2. The number of nitrogens with one attached hydrogen (secondary N) is 1. The quantitative estimate of drug-likeness (QED) is 0.268. The number of aliphatic carboxylic acids is 1. The van der Waals surface area contributed by atoms with Crippen molar-refractivity contribution in [2.24, 2.45) is 11.8 Å². The monoisotopic (exact) mass is 519 g/mol. The van der Waals surface area contributed by atoms with Crippen LogP contribution in [0.2, 0.25) is 0 Å². The second-order valence-electron chi connectivity index (χ2n) is 11.0. The van der Waals surface area contributed by atoms with Gasteiger partial charge in [0.05, 0.1) is 13.5 Å². The minimum atomic E-state index is -0.920. The van der Waals surface area contributed by atoms with Crippen molar-refractivity contribution in [3.05, 3.63) is 102 Å². The molecule has 2 N–H and O–H groups in total. The maximum absolute atomic E-state index is 12.5. The zero-order valence-electron chi connectivity index (χ0n) is 22.2. The molecule has 198 valence electrons. The van der Waals surface area contributed by atoms with Gasteiger partial charge in [0.2, 0.25) is 0 Å². The minimum Gasteiger partial charge on any atom is -0.497 e. The molecule has 0 radical (unpaired) electrons. The van der Waals surface area contributed by atoms with Gasteiger partial charge in [0.25, 0.3) is 5.91 Å². The average molecular weight is 520 g/mol. The predicted molar refractivity (Wildman–Crippen MR) is 153 cm³/mol. The molecule has 5 heteroatoms. The van der Waals surface area contributed by atoms with Crippen molar-refractivity contribution in [2.45, 2.75) is 37.5 Å². The van der Waals surface area contributed by atoms with Gasteiger partial charge in [-0.2, -0.15) is 0 Å². The molecule has 4 aromatic rings. The van der Waals surface area contributed by atoms with Crippen LogP contribution in [0.3, 0.4) is 0 Å². The number of carboxylic acids is 1. The SMILES string of the molecule is COc1ccc2cc(-c3ccc(C4(c5ccc(C(=O)NCCC(=O)O)cc5)CC5CCC4C5)cc3)ccc2c1. The minimum absolute atomic E-state index is 0.0420. The van der Waals surface area contributed by atoms with Crippen LogP contribution in [0.4, 0.5) is 0 Å². The van der Waals surface area contributed by atoms with E-state index in [0.29, 0.717) is 11.5 Å². The lowest BCUT2D eigenvalue weighted by Gasteiger charge is -2.39. The summed E-state index contributed by atoms with van der Waals surface area (Å²) in [6, 6.07) is 29.8. The molecule has 3 atom stereocenters. The van der Waals surface area contributed by atoms with E-state index in [1.165, 1.54) is 46.9 Å². The van der Waals surface area contributed by atoms with Gasteiger partial charge in [-0.05, 0) is 94.5 Å². The Bertz CT molecular complexity index is 1530. The van der Waals surface area contributed by atoms with Gasteiger partial charge in [-0.3, -0.25) is 9.59 Å². The number of ether oxygens (including phenoxy) is 1. The number of hydrogen-bond acceptors (Lipinski definition) is 3. The van der Waals surface area contributed by atoms with Crippen LogP contribution in [-0.2, 0) is 10.2 Å². The third-order valence-corrected chi connectivity index (χ3v) is 8.92. The summed E-state index contributed by atoms with van der Waals surface area (Å²) in [5.74, 6) is 1.05. The lowest BCUT2D eigenvalue weighted by molar-refractivity contribution is -0.136. The molecule has 2 aliphatic rings. The highest BCUT2D eigenvalue weighted by molar-refractivity contribution is 5.94. The lowest BCUT2D eigenvalue weighted by atomic mass is 9.64. The normalized spacial score (nSPS) is 21.7. The van der Waals surface area contributed by atoms with Gasteiger partial charge in [-0.1, -0.05) is 61.0 Å². The Labute approximate surface area is 228 Å². The van der Waals surface area contributed by atoms with Crippen LogP contribution in [0.1, 0.15) is 53.6 Å². The zero-order chi connectivity index (χ0) is 27.0. The molecule has 3 unspecified atom stereocenters. The number of carbonyl (C=O) groups excluding carboxylic acids is 1. The van der Waals surface area contributed by atoms with Crippen LogP contribution < -0.4 is 10.1 Å². The smallest absolute Gasteiger partial charge is 0.305 e. The third kappa shape index (κ3) is 4.67. The summed E-state index contributed by atoms with van der Waals surface area (Å²) in [5, 5.41) is 13.9. The Balaban J connectivity index is 1.28. The van der Waals surface area contributed by atoms with E-state index in [1.54, 1.807) is 7.11 Å². The summed E-state index contributed by atoms with van der Waals surface area (Å²) in [6.07, 6.45) is 4.85. The van der Waals surface area contributed by atoms with Gasteiger partial charge in [0.1, 0.15) is 5.75 Å². The Hall–Kier alpha value is -4.12. The van der Waals surface area contributed by atoms with Gasteiger partial charge in [-0.15, -0.1) is 0 Å². The Morgan fingerprint density at radius 2 is 1.54 bits per heavy atom. The summed E-state index contributed by atoms with van der Waals surface area (Å²) in [6.45, 7) is 0.126. The zero-order valence-corrected chi connectivity index (χ0v) is 22.2. The number of hydrogen-bond donors (Lipinski definition) is 2. The van der Waals surface area contributed by atoms with Gasteiger partial charge in [0.15, 0.2) is 0 Å². The van der Waals surface area contributed by atoms with E-state index in [0.717, 1.165) is 23.5 Å². The Morgan fingerprint density at radius 3 is 2.18 bits per heavy atom. The third-order valence-electron chi connectivity index (χ3n) is 8.92. The summed E-state index contributed by atoms with van der Waals surface area (Å²) < 4.78 is 5.37. The lowest BCUT2D eigenvalue weighted by Crippen LogP contribution is -2.34. The highest BCUT2D eigenvalue weighted by atomic mass is 16.5. The highest BCUT2D eigenvalue weighted by Crippen LogP contribution is 2.60. The fourth-order valence-corrected chi connectivity index (χ4v) is 7.00. The molecule has 0 heterocycles. The number of rotatable bonds is 8. The van der Waals surface area contributed by atoms with E-state index >= 15 is 0 Å². The van der Waals surface area contributed by atoms with Crippen molar-refractivity contribution < 1.29 is 19.4 Å². The summed E-state index contributed by atoms with van der Waals surface area (Å²) in [4.78, 5) is 23.3. The molecule has 0 aromatic heterocycles. The van der Waals surface area contributed by atoms with Gasteiger partial charge in [-0.25, -0.2) is 0 Å². The maximum Gasteiger partial charge on any atom is 0.305 e. The first-order valence-corrected chi connectivity index (χ1v) is 13.8. The van der Waals surface area contributed by atoms with Crippen molar-refractivity contribution in [3.8, 4) is 16.9 Å². The van der Waals surface area contributed by atoms with E-state index in [1.807, 2.05) is 18.2 Å². The van der Waals surface area contributed by atoms with Crippen LogP contribution in [0, 0.1) is 11.8 Å². The first-order chi connectivity index (χ1) is 19.0.